The Balaban J connectivity index is -0.000000827. The Hall–Kier alpha value is -2.62. The molecule has 0 rings (SSSR count). The predicted octanol–water partition coefficient (Wildman–Crippen LogP) is 13.4. The third-order valence-electron chi connectivity index (χ3n) is 7.46. The molecule has 0 saturated heterocycles. The van der Waals surface area contributed by atoms with Crippen molar-refractivity contribution in [3.63, 3.8) is 0 Å². The lowest BCUT2D eigenvalue weighted by molar-refractivity contribution is -0.121. The van der Waals surface area contributed by atoms with Gasteiger partial charge in [0.15, 0.2) is 0 Å². The topological polar surface area (TPSA) is 72.2 Å². The second kappa shape index (κ2) is 48.8. The SMILES string of the molecule is CC.CCCCC/C=C\C/C=C\C/C=C\CCCCC(=O)NCCCCCC.CCCCC/C=C\C/C=C\C/C=C\CCCCC(N)=O. The highest BCUT2D eigenvalue weighted by molar-refractivity contribution is 5.75. The number of carbonyl (C=O) groups is 2. The van der Waals surface area contributed by atoms with Gasteiger partial charge in [-0.15, -0.1) is 0 Å². The van der Waals surface area contributed by atoms with Crippen molar-refractivity contribution in [1.29, 1.82) is 0 Å². The van der Waals surface area contributed by atoms with Crippen LogP contribution in [0.15, 0.2) is 72.9 Å². The maximum absolute atomic E-state index is 11.7. The minimum atomic E-state index is -0.195. The highest BCUT2D eigenvalue weighted by Gasteiger charge is 1.99. The molecule has 0 radical (unpaired) electrons. The minimum absolute atomic E-state index is 0.195. The zero-order valence-corrected chi connectivity index (χ0v) is 32.5. The van der Waals surface area contributed by atoms with Crippen LogP contribution in [0.2, 0.25) is 0 Å². The number of allylic oxidation sites excluding steroid dienone is 12. The van der Waals surface area contributed by atoms with E-state index < -0.39 is 0 Å². The largest absolute Gasteiger partial charge is 0.370 e. The first-order chi connectivity index (χ1) is 23.6. The van der Waals surface area contributed by atoms with Gasteiger partial charge in [-0.1, -0.05) is 152 Å². The smallest absolute Gasteiger partial charge is 0.219 e. The number of unbranched alkanes of at least 4 members (excludes halogenated alkanes) is 13. The summed E-state index contributed by atoms with van der Waals surface area (Å²) in [6, 6.07) is 0. The lowest BCUT2D eigenvalue weighted by atomic mass is 10.1. The van der Waals surface area contributed by atoms with Crippen LogP contribution in [0.3, 0.4) is 0 Å². The van der Waals surface area contributed by atoms with Gasteiger partial charge in [0.2, 0.25) is 11.8 Å². The molecule has 0 heterocycles. The highest BCUT2D eigenvalue weighted by Crippen LogP contribution is 2.05. The number of hydrogen-bond donors (Lipinski definition) is 2. The molecule has 0 unspecified atom stereocenters. The van der Waals surface area contributed by atoms with Gasteiger partial charge < -0.3 is 11.1 Å². The molecular weight excluding hydrogens is 588 g/mol. The summed E-state index contributed by atoms with van der Waals surface area (Å²) in [5.74, 6) is 0.0239. The van der Waals surface area contributed by atoms with Crippen molar-refractivity contribution in [2.45, 2.75) is 189 Å². The summed E-state index contributed by atoms with van der Waals surface area (Å²) in [4.78, 5) is 22.2. The van der Waals surface area contributed by atoms with E-state index in [9.17, 15) is 9.59 Å². The van der Waals surface area contributed by atoms with Crippen molar-refractivity contribution in [2.24, 2.45) is 5.73 Å². The molecule has 0 aromatic rings. The summed E-state index contributed by atoms with van der Waals surface area (Å²) in [5.41, 5.74) is 5.08. The van der Waals surface area contributed by atoms with E-state index in [2.05, 4.69) is 99.0 Å². The Kier molecular flexibility index (Phi) is 50.6. The number of primary amides is 1. The second-order valence-corrected chi connectivity index (χ2v) is 12.1. The molecule has 3 N–H and O–H groups in total. The molecule has 0 aliphatic carbocycles. The van der Waals surface area contributed by atoms with E-state index in [1.54, 1.807) is 0 Å². The molecule has 0 aliphatic heterocycles. The second-order valence-electron chi connectivity index (χ2n) is 12.1. The molecule has 0 bridgehead atoms. The van der Waals surface area contributed by atoms with Crippen molar-refractivity contribution in [3.8, 4) is 0 Å². The Morgan fingerprint density at radius 1 is 0.438 bits per heavy atom. The summed E-state index contributed by atoms with van der Waals surface area (Å²) < 4.78 is 0. The molecule has 0 atom stereocenters. The Bertz CT molecular complexity index is 820. The number of nitrogens with two attached hydrogens (primary N) is 1. The van der Waals surface area contributed by atoms with Crippen molar-refractivity contribution in [2.75, 3.05) is 6.54 Å². The fourth-order valence-corrected chi connectivity index (χ4v) is 4.56. The van der Waals surface area contributed by atoms with Gasteiger partial charge in [0.1, 0.15) is 0 Å². The number of rotatable bonds is 31. The van der Waals surface area contributed by atoms with Gasteiger partial charge >= 0.3 is 0 Å². The van der Waals surface area contributed by atoms with Crippen LogP contribution in [0.1, 0.15) is 189 Å². The van der Waals surface area contributed by atoms with E-state index in [4.69, 9.17) is 5.73 Å². The summed E-state index contributed by atoms with van der Waals surface area (Å²) in [6.45, 7) is 11.5. The lowest BCUT2D eigenvalue weighted by Gasteiger charge is -2.04. The first kappa shape index (κ1) is 49.8. The van der Waals surface area contributed by atoms with Crippen LogP contribution in [0.25, 0.3) is 0 Å². The Labute approximate surface area is 300 Å². The first-order valence-electron chi connectivity index (χ1n) is 20.0. The van der Waals surface area contributed by atoms with Crippen LogP contribution in [0.4, 0.5) is 0 Å². The van der Waals surface area contributed by atoms with Crippen LogP contribution in [-0.2, 0) is 9.59 Å². The third-order valence-corrected chi connectivity index (χ3v) is 7.46. The van der Waals surface area contributed by atoms with Crippen molar-refractivity contribution in [1.82, 2.24) is 5.32 Å². The molecule has 0 aliphatic rings. The molecular formula is C44H80N2O2. The lowest BCUT2D eigenvalue weighted by Crippen LogP contribution is -2.23. The van der Waals surface area contributed by atoms with E-state index in [0.717, 1.165) is 77.2 Å². The van der Waals surface area contributed by atoms with Crippen LogP contribution >= 0.6 is 0 Å². The average Bonchev–Trinajstić information content (AvgIpc) is 3.09. The van der Waals surface area contributed by atoms with E-state index >= 15 is 0 Å². The molecule has 4 heteroatoms. The van der Waals surface area contributed by atoms with Crippen LogP contribution in [0.5, 0.6) is 0 Å². The van der Waals surface area contributed by atoms with Gasteiger partial charge in [0, 0.05) is 19.4 Å². The van der Waals surface area contributed by atoms with E-state index in [-0.39, 0.29) is 11.8 Å². The number of amides is 2. The molecule has 0 aromatic carbocycles. The first-order valence-corrected chi connectivity index (χ1v) is 20.0. The van der Waals surface area contributed by atoms with Crippen LogP contribution in [-0.4, -0.2) is 18.4 Å². The van der Waals surface area contributed by atoms with Gasteiger partial charge in [-0.2, -0.15) is 0 Å². The van der Waals surface area contributed by atoms with E-state index in [0.29, 0.717) is 12.8 Å². The van der Waals surface area contributed by atoms with Crippen molar-refractivity contribution in [3.05, 3.63) is 72.9 Å². The summed E-state index contributed by atoms with van der Waals surface area (Å²) in [7, 11) is 0. The van der Waals surface area contributed by atoms with E-state index in [1.807, 2.05) is 13.8 Å². The molecule has 0 spiro atoms. The molecule has 2 amide bonds. The molecule has 4 nitrogen and oxygen atoms in total. The fourth-order valence-electron chi connectivity index (χ4n) is 4.56. The molecule has 0 aromatic heterocycles. The van der Waals surface area contributed by atoms with Crippen molar-refractivity contribution < 1.29 is 9.59 Å². The maximum atomic E-state index is 11.7. The van der Waals surface area contributed by atoms with Crippen molar-refractivity contribution >= 4 is 11.8 Å². The Morgan fingerprint density at radius 3 is 1.15 bits per heavy atom. The van der Waals surface area contributed by atoms with E-state index in [1.165, 1.54) is 70.6 Å². The van der Waals surface area contributed by atoms with Gasteiger partial charge in [0.25, 0.3) is 0 Å². The highest BCUT2D eigenvalue weighted by atomic mass is 16.1. The summed E-state index contributed by atoms with van der Waals surface area (Å²) in [6.07, 6.45) is 53.5. The van der Waals surface area contributed by atoms with Gasteiger partial charge in [0.05, 0.1) is 0 Å². The monoisotopic (exact) mass is 669 g/mol. The molecule has 48 heavy (non-hydrogen) atoms. The fraction of sp³-hybridized carbons (Fsp3) is 0.682. The number of carbonyl (C=O) groups excluding carboxylic acids is 2. The van der Waals surface area contributed by atoms with Gasteiger partial charge in [-0.3, -0.25) is 9.59 Å². The molecule has 0 fully saturated rings. The Morgan fingerprint density at radius 2 is 0.771 bits per heavy atom. The van der Waals surface area contributed by atoms with Gasteiger partial charge in [-0.25, -0.2) is 0 Å². The average molecular weight is 669 g/mol. The predicted molar refractivity (Wildman–Crippen MR) is 216 cm³/mol. The third kappa shape index (κ3) is 52.9. The number of hydrogen-bond acceptors (Lipinski definition) is 2. The summed E-state index contributed by atoms with van der Waals surface area (Å²) in [5, 5.41) is 3.02. The zero-order chi connectivity index (χ0) is 36.0. The zero-order valence-electron chi connectivity index (χ0n) is 32.5. The minimum Gasteiger partial charge on any atom is -0.370 e. The van der Waals surface area contributed by atoms with Crippen LogP contribution in [0, 0.1) is 0 Å². The quantitative estimate of drug-likeness (QED) is 0.0570. The van der Waals surface area contributed by atoms with Crippen LogP contribution < -0.4 is 11.1 Å². The normalized spacial score (nSPS) is 11.6. The molecule has 278 valence electrons. The molecule has 0 saturated carbocycles. The maximum Gasteiger partial charge on any atom is 0.219 e. The number of nitrogens with one attached hydrogen (secondary N) is 1. The summed E-state index contributed by atoms with van der Waals surface area (Å²) >= 11 is 0. The van der Waals surface area contributed by atoms with Gasteiger partial charge in [-0.05, 0) is 96.3 Å². The standard InChI is InChI=1S/C24H43NO.C18H31NO.C2H6/c1-3-5-7-9-10-11-12-13-14-15-16-17-18-19-20-22-24(26)25-23-21-8-6-4-2;1-2-3-4-5-6-7-8-9-10-11-12-13-14-15-16-17-18(19)20;1-2/h10-11,13-14,16-17H,3-9,12,15,18-23H2,1-2H3,(H,25,26);6-7,9-10,12-13H,2-5,8,11,14-17H2,1H3,(H2,19,20);1-2H3/b11-10-,14-13-,17-16-;7-6-,10-9-,13-12-;.